The summed E-state index contributed by atoms with van der Waals surface area (Å²) < 4.78 is 4.78. The van der Waals surface area contributed by atoms with Crippen LogP contribution in [0.15, 0.2) is 4.52 Å². The first-order valence-electron chi connectivity index (χ1n) is 5.30. The molecule has 0 radical (unpaired) electrons. The van der Waals surface area contributed by atoms with Crippen LogP contribution < -0.4 is 11.1 Å². The van der Waals surface area contributed by atoms with Crippen LogP contribution in [0.3, 0.4) is 0 Å². The molecule has 0 aliphatic heterocycles. The maximum atomic E-state index is 11.5. The molecule has 0 spiro atoms. The van der Waals surface area contributed by atoms with E-state index in [-0.39, 0.29) is 24.4 Å². The number of amides is 1. The van der Waals surface area contributed by atoms with Gasteiger partial charge in [-0.2, -0.15) is 4.98 Å². The van der Waals surface area contributed by atoms with Crippen molar-refractivity contribution in [1.29, 1.82) is 0 Å². The Morgan fingerprint density at radius 2 is 2.25 bits per heavy atom. The van der Waals surface area contributed by atoms with Crippen molar-refractivity contribution in [1.82, 2.24) is 15.5 Å². The van der Waals surface area contributed by atoms with Gasteiger partial charge in [-0.15, -0.1) is 0 Å². The minimum atomic E-state index is -0.119. The van der Waals surface area contributed by atoms with E-state index in [1.54, 1.807) is 6.92 Å². The molecule has 0 fully saturated rings. The first kappa shape index (κ1) is 12.6. The summed E-state index contributed by atoms with van der Waals surface area (Å²) >= 11 is 0. The van der Waals surface area contributed by atoms with E-state index in [9.17, 15) is 4.79 Å². The third kappa shape index (κ3) is 3.98. The van der Waals surface area contributed by atoms with Gasteiger partial charge in [0.05, 0.1) is 6.54 Å². The molecule has 6 nitrogen and oxygen atoms in total. The maximum absolute atomic E-state index is 11.5. The molecule has 0 aliphatic rings. The number of carbonyl (C=O) groups is 1. The number of carbonyl (C=O) groups excluding carboxylic acids is 1. The number of hydrogen-bond donors (Lipinski definition) is 2. The van der Waals surface area contributed by atoms with Gasteiger partial charge in [-0.3, -0.25) is 4.79 Å². The van der Waals surface area contributed by atoms with E-state index in [0.29, 0.717) is 18.1 Å². The predicted octanol–water partition coefficient (Wildman–Crippen LogP) is 0.368. The summed E-state index contributed by atoms with van der Waals surface area (Å²) in [7, 11) is 0. The SMILES string of the molecule is Cc1nc(CNC(=O)CC(N)C(C)C)no1. The summed E-state index contributed by atoms with van der Waals surface area (Å²) in [5.74, 6) is 1.16. The number of nitrogens with one attached hydrogen (secondary N) is 1. The number of aromatic nitrogens is 2. The summed E-state index contributed by atoms with van der Waals surface area (Å²) in [5, 5.41) is 6.36. The molecule has 1 aromatic rings. The third-order valence-electron chi connectivity index (χ3n) is 2.29. The Hall–Kier alpha value is -1.43. The van der Waals surface area contributed by atoms with Gasteiger partial charge in [0.15, 0.2) is 5.82 Å². The van der Waals surface area contributed by atoms with Gasteiger partial charge in [-0.1, -0.05) is 19.0 Å². The van der Waals surface area contributed by atoms with Gasteiger partial charge in [0.1, 0.15) is 0 Å². The van der Waals surface area contributed by atoms with Gasteiger partial charge in [0.25, 0.3) is 0 Å². The molecule has 6 heteroatoms. The van der Waals surface area contributed by atoms with E-state index in [1.165, 1.54) is 0 Å². The number of nitrogens with zero attached hydrogens (tertiary/aromatic N) is 2. The monoisotopic (exact) mass is 226 g/mol. The van der Waals surface area contributed by atoms with Crippen LogP contribution in [-0.4, -0.2) is 22.1 Å². The molecule has 1 atom stereocenters. The standard InChI is InChI=1S/C10H18N4O2/c1-6(2)8(11)4-10(15)12-5-9-13-7(3)16-14-9/h6,8H,4-5,11H2,1-3H3,(H,12,15). The summed E-state index contributed by atoms with van der Waals surface area (Å²) in [6, 6.07) is -0.119. The van der Waals surface area contributed by atoms with Crippen molar-refractivity contribution in [2.75, 3.05) is 0 Å². The zero-order chi connectivity index (χ0) is 12.1. The smallest absolute Gasteiger partial charge is 0.223 e. The van der Waals surface area contributed by atoms with Crippen LogP contribution >= 0.6 is 0 Å². The average molecular weight is 226 g/mol. The molecule has 16 heavy (non-hydrogen) atoms. The van der Waals surface area contributed by atoms with Gasteiger partial charge >= 0.3 is 0 Å². The molecule has 90 valence electrons. The Balaban J connectivity index is 2.30. The Morgan fingerprint density at radius 3 is 2.75 bits per heavy atom. The highest BCUT2D eigenvalue weighted by molar-refractivity contribution is 5.76. The Morgan fingerprint density at radius 1 is 1.56 bits per heavy atom. The first-order valence-corrected chi connectivity index (χ1v) is 5.30. The molecule has 0 saturated carbocycles. The lowest BCUT2D eigenvalue weighted by molar-refractivity contribution is -0.121. The van der Waals surface area contributed by atoms with Crippen molar-refractivity contribution in [3.05, 3.63) is 11.7 Å². The van der Waals surface area contributed by atoms with Crippen LogP contribution in [-0.2, 0) is 11.3 Å². The third-order valence-corrected chi connectivity index (χ3v) is 2.29. The topological polar surface area (TPSA) is 94.0 Å². The van der Waals surface area contributed by atoms with Crippen molar-refractivity contribution in [2.24, 2.45) is 11.7 Å². The van der Waals surface area contributed by atoms with Crippen LogP contribution in [0, 0.1) is 12.8 Å². The van der Waals surface area contributed by atoms with Crippen LogP contribution in [0.1, 0.15) is 32.0 Å². The highest BCUT2D eigenvalue weighted by Crippen LogP contribution is 2.02. The summed E-state index contributed by atoms with van der Waals surface area (Å²) in [4.78, 5) is 15.4. The fourth-order valence-electron chi connectivity index (χ4n) is 1.11. The van der Waals surface area contributed by atoms with E-state index in [0.717, 1.165) is 0 Å². The van der Waals surface area contributed by atoms with Gasteiger partial charge < -0.3 is 15.6 Å². The first-order chi connectivity index (χ1) is 7.49. The normalized spacial score (nSPS) is 12.8. The van der Waals surface area contributed by atoms with E-state index in [1.807, 2.05) is 13.8 Å². The van der Waals surface area contributed by atoms with Gasteiger partial charge in [-0.25, -0.2) is 0 Å². The number of aryl methyl sites for hydroxylation is 1. The van der Waals surface area contributed by atoms with Crippen LogP contribution in [0.25, 0.3) is 0 Å². The second-order valence-electron chi connectivity index (χ2n) is 4.12. The van der Waals surface area contributed by atoms with Crippen LogP contribution in [0.5, 0.6) is 0 Å². The van der Waals surface area contributed by atoms with Crippen LogP contribution in [0.2, 0.25) is 0 Å². The van der Waals surface area contributed by atoms with Crippen molar-refractivity contribution in [3.8, 4) is 0 Å². The summed E-state index contributed by atoms with van der Waals surface area (Å²) in [6.07, 6.45) is 0.314. The molecule has 1 unspecified atom stereocenters. The van der Waals surface area contributed by atoms with Gasteiger partial charge in [0, 0.05) is 19.4 Å². The Kier molecular flexibility index (Phi) is 4.42. The highest BCUT2D eigenvalue weighted by atomic mass is 16.5. The zero-order valence-electron chi connectivity index (χ0n) is 9.86. The Labute approximate surface area is 94.6 Å². The fourth-order valence-corrected chi connectivity index (χ4v) is 1.11. The van der Waals surface area contributed by atoms with Crippen LogP contribution in [0.4, 0.5) is 0 Å². The lowest BCUT2D eigenvalue weighted by Gasteiger charge is -2.14. The number of nitrogens with two attached hydrogens (primary N) is 1. The van der Waals surface area contributed by atoms with Crippen molar-refractivity contribution < 1.29 is 9.32 Å². The summed E-state index contributed by atoms with van der Waals surface area (Å²) in [5.41, 5.74) is 5.78. The minimum absolute atomic E-state index is 0.0938. The summed E-state index contributed by atoms with van der Waals surface area (Å²) in [6.45, 7) is 5.95. The molecule has 0 bridgehead atoms. The predicted molar refractivity (Wildman–Crippen MR) is 58.3 cm³/mol. The van der Waals surface area contributed by atoms with Gasteiger partial charge in [0.2, 0.25) is 11.8 Å². The minimum Gasteiger partial charge on any atom is -0.349 e. The largest absolute Gasteiger partial charge is 0.349 e. The van der Waals surface area contributed by atoms with Gasteiger partial charge in [-0.05, 0) is 5.92 Å². The lowest BCUT2D eigenvalue weighted by atomic mass is 10.0. The van der Waals surface area contributed by atoms with E-state index in [2.05, 4.69) is 15.5 Å². The molecule has 0 aromatic carbocycles. The Bertz CT molecular complexity index is 348. The van der Waals surface area contributed by atoms with E-state index >= 15 is 0 Å². The number of rotatable bonds is 5. The van der Waals surface area contributed by atoms with E-state index < -0.39 is 0 Å². The quantitative estimate of drug-likeness (QED) is 0.756. The molecule has 1 aromatic heterocycles. The second-order valence-corrected chi connectivity index (χ2v) is 4.12. The lowest BCUT2D eigenvalue weighted by Crippen LogP contribution is -2.34. The zero-order valence-corrected chi connectivity index (χ0v) is 9.86. The molecule has 1 amide bonds. The fraction of sp³-hybridized carbons (Fsp3) is 0.700. The van der Waals surface area contributed by atoms with Crippen molar-refractivity contribution in [2.45, 2.75) is 39.8 Å². The second kappa shape index (κ2) is 5.60. The van der Waals surface area contributed by atoms with Crippen molar-refractivity contribution >= 4 is 5.91 Å². The molecular formula is C10H18N4O2. The molecule has 0 saturated heterocycles. The molecule has 0 aliphatic carbocycles. The van der Waals surface area contributed by atoms with Crippen molar-refractivity contribution in [3.63, 3.8) is 0 Å². The highest BCUT2D eigenvalue weighted by Gasteiger charge is 2.13. The molecule has 1 rings (SSSR count). The molecule has 3 N–H and O–H groups in total. The maximum Gasteiger partial charge on any atom is 0.223 e. The van der Waals surface area contributed by atoms with E-state index in [4.69, 9.17) is 10.3 Å². The average Bonchev–Trinajstić information content (AvgIpc) is 2.61. The molecule has 1 heterocycles. The number of hydrogen-bond acceptors (Lipinski definition) is 5. The molecular weight excluding hydrogens is 208 g/mol.